The SMILES string of the molecule is C[C@@H]1Cc2cc(C(=O)NCCOc3ccc(Cl)cc3)ccc2N1S(C)(=O)=O. The van der Waals surface area contributed by atoms with Gasteiger partial charge in [-0.25, -0.2) is 8.42 Å². The van der Waals surface area contributed by atoms with E-state index in [4.69, 9.17) is 16.3 Å². The van der Waals surface area contributed by atoms with Gasteiger partial charge in [-0.1, -0.05) is 11.6 Å². The lowest BCUT2D eigenvalue weighted by molar-refractivity contribution is 0.0947. The van der Waals surface area contributed by atoms with Crippen molar-refractivity contribution in [2.75, 3.05) is 23.7 Å². The zero-order valence-corrected chi connectivity index (χ0v) is 16.7. The first-order valence-corrected chi connectivity index (χ1v) is 10.8. The molecule has 0 unspecified atom stereocenters. The third-order valence-corrected chi connectivity index (χ3v) is 5.85. The second kappa shape index (κ2) is 7.78. The average molecular weight is 409 g/mol. The van der Waals surface area contributed by atoms with Crippen LogP contribution in [0.2, 0.25) is 5.02 Å². The molecule has 0 spiro atoms. The molecule has 144 valence electrons. The molecular formula is C19H21ClN2O4S. The molecule has 0 saturated carbocycles. The first-order valence-electron chi connectivity index (χ1n) is 8.54. The molecule has 1 atom stereocenters. The van der Waals surface area contributed by atoms with E-state index in [1.165, 1.54) is 10.6 Å². The lowest BCUT2D eigenvalue weighted by Crippen LogP contribution is -2.34. The van der Waals surface area contributed by atoms with Crippen molar-refractivity contribution in [3.05, 3.63) is 58.6 Å². The number of nitrogens with zero attached hydrogens (tertiary/aromatic N) is 1. The molecular weight excluding hydrogens is 388 g/mol. The summed E-state index contributed by atoms with van der Waals surface area (Å²) in [5.41, 5.74) is 2.01. The lowest BCUT2D eigenvalue weighted by Gasteiger charge is -2.21. The van der Waals surface area contributed by atoms with Crippen LogP contribution < -0.4 is 14.4 Å². The van der Waals surface area contributed by atoms with E-state index < -0.39 is 10.0 Å². The molecule has 0 fully saturated rings. The number of sulfonamides is 1. The molecule has 0 radical (unpaired) electrons. The maximum Gasteiger partial charge on any atom is 0.251 e. The van der Waals surface area contributed by atoms with E-state index in [1.807, 2.05) is 6.92 Å². The first kappa shape index (κ1) is 19.5. The third-order valence-electron chi connectivity index (χ3n) is 4.32. The van der Waals surface area contributed by atoms with Crippen molar-refractivity contribution in [3.8, 4) is 5.75 Å². The maximum atomic E-state index is 12.3. The number of ether oxygens (including phenoxy) is 1. The minimum Gasteiger partial charge on any atom is -0.492 e. The highest BCUT2D eigenvalue weighted by atomic mass is 35.5. The highest BCUT2D eigenvalue weighted by Gasteiger charge is 2.32. The molecule has 0 bridgehead atoms. The summed E-state index contributed by atoms with van der Waals surface area (Å²) in [6, 6.07) is 11.9. The van der Waals surface area contributed by atoms with Gasteiger partial charge in [-0.15, -0.1) is 0 Å². The molecule has 2 aromatic carbocycles. The van der Waals surface area contributed by atoms with Crippen LogP contribution >= 0.6 is 11.6 Å². The van der Waals surface area contributed by atoms with Crippen LogP contribution in [0.25, 0.3) is 0 Å². The number of anilines is 1. The van der Waals surface area contributed by atoms with Crippen LogP contribution in [0.3, 0.4) is 0 Å². The van der Waals surface area contributed by atoms with E-state index in [2.05, 4.69) is 5.32 Å². The average Bonchev–Trinajstić information content (AvgIpc) is 2.95. The second-order valence-corrected chi connectivity index (χ2v) is 8.81. The summed E-state index contributed by atoms with van der Waals surface area (Å²) in [4.78, 5) is 12.3. The molecule has 1 heterocycles. The molecule has 1 amide bonds. The molecule has 8 heteroatoms. The molecule has 6 nitrogen and oxygen atoms in total. The Balaban J connectivity index is 1.58. The van der Waals surface area contributed by atoms with Crippen LogP contribution in [0.1, 0.15) is 22.8 Å². The lowest BCUT2D eigenvalue weighted by atomic mass is 10.1. The van der Waals surface area contributed by atoms with E-state index in [0.717, 1.165) is 5.56 Å². The summed E-state index contributed by atoms with van der Waals surface area (Å²) in [5, 5.41) is 3.44. The number of halogens is 1. The minimum atomic E-state index is -3.34. The number of hydrogen-bond acceptors (Lipinski definition) is 4. The van der Waals surface area contributed by atoms with Gasteiger partial charge in [0.05, 0.1) is 18.5 Å². The highest BCUT2D eigenvalue weighted by Crippen LogP contribution is 2.34. The van der Waals surface area contributed by atoms with Crippen LogP contribution in [0.15, 0.2) is 42.5 Å². The van der Waals surface area contributed by atoms with Gasteiger partial charge in [-0.2, -0.15) is 0 Å². The van der Waals surface area contributed by atoms with E-state index in [-0.39, 0.29) is 11.9 Å². The van der Waals surface area contributed by atoms with Crippen LogP contribution in [-0.4, -0.2) is 39.8 Å². The number of fused-ring (bicyclic) bond motifs is 1. The summed E-state index contributed by atoms with van der Waals surface area (Å²) < 4.78 is 30.9. The molecule has 1 aliphatic rings. The fourth-order valence-electron chi connectivity index (χ4n) is 3.22. The molecule has 0 aromatic heterocycles. The van der Waals surface area contributed by atoms with E-state index >= 15 is 0 Å². The van der Waals surface area contributed by atoms with Gasteiger partial charge >= 0.3 is 0 Å². The first-order chi connectivity index (χ1) is 12.8. The van der Waals surface area contributed by atoms with Gasteiger partial charge in [0.2, 0.25) is 10.0 Å². The maximum absolute atomic E-state index is 12.3. The van der Waals surface area contributed by atoms with Crippen molar-refractivity contribution in [2.45, 2.75) is 19.4 Å². The molecule has 3 rings (SSSR count). The number of carbonyl (C=O) groups excluding carboxylic acids is 1. The summed E-state index contributed by atoms with van der Waals surface area (Å²) >= 11 is 5.82. The van der Waals surface area contributed by atoms with Crippen molar-refractivity contribution in [1.29, 1.82) is 0 Å². The fourth-order valence-corrected chi connectivity index (χ4v) is 4.61. The molecule has 1 N–H and O–H groups in total. The van der Waals surface area contributed by atoms with E-state index in [9.17, 15) is 13.2 Å². The van der Waals surface area contributed by atoms with Gasteiger partial charge in [-0.3, -0.25) is 9.10 Å². The zero-order valence-electron chi connectivity index (χ0n) is 15.1. The van der Waals surface area contributed by atoms with Gasteiger partial charge < -0.3 is 10.1 Å². The molecule has 1 aliphatic heterocycles. The number of rotatable bonds is 6. The molecule has 27 heavy (non-hydrogen) atoms. The summed E-state index contributed by atoms with van der Waals surface area (Å²) in [6.45, 7) is 2.54. The van der Waals surface area contributed by atoms with Crippen LogP contribution in [-0.2, 0) is 16.4 Å². The topological polar surface area (TPSA) is 75.7 Å². The Bertz CT molecular complexity index is 945. The Hall–Kier alpha value is -2.25. The van der Waals surface area contributed by atoms with Gasteiger partial charge in [0, 0.05) is 16.6 Å². The standard InChI is InChI=1S/C19H21ClN2O4S/c1-13-11-15-12-14(3-8-18(15)22(13)27(2,24)25)19(23)21-9-10-26-17-6-4-16(20)5-7-17/h3-8,12-13H,9-11H2,1-2H3,(H,21,23)/t13-/m1/s1. The minimum absolute atomic E-state index is 0.152. The second-order valence-electron chi connectivity index (χ2n) is 6.51. The quantitative estimate of drug-likeness (QED) is 0.746. The number of carbonyl (C=O) groups is 1. The van der Waals surface area contributed by atoms with Gasteiger partial charge in [0.15, 0.2) is 0 Å². The number of benzene rings is 2. The monoisotopic (exact) mass is 408 g/mol. The summed E-state index contributed by atoms with van der Waals surface area (Å²) in [6.07, 6.45) is 1.78. The van der Waals surface area contributed by atoms with Crippen molar-refractivity contribution < 1.29 is 17.9 Å². The van der Waals surface area contributed by atoms with Crippen LogP contribution in [0.4, 0.5) is 5.69 Å². The van der Waals surface area contributed by atoms with Gasteiger partial charge in [0.25, 0.3) is 5.91 Å². The Kier molecular flexibility index (Phi) is 5.62. The number of hydrogen-bond donors (Lipinski definition) is 1. The highest BCUT2D eigenvalue weighted by molar-refractivity contribution is 7.92. The van der Waals surface area contributed by atoms with Crippen molar-refractivity contribution in [3.63, 3.8) is 0 Å². The predicted octanol–water partition coefficient (Wildman–Crippen LogP) is 2.86. The Morgan fingerprint density at radius 3 is 2.63 bits per heavy atom. The zero-order chi connectivity index (χ0) is 19.6. The van der Waals surface area contributed by atoms with Gasteiger partial charge in [0.1, 0.15) is 12.4 Å². The van der Waals surface area contributed by atoms with Crippen LogP contribution in [0, 0.1) is 0 Å². The van der Waals surface area contributed by atoms with Crippen molar-refractivity contribution >= 4 is 33.2 Å². The Morgan fingerprint density at radius 1 is 1.26 bits per heavy atom. The molecule has 0 aliphatic carbocycles. The number of amides is 1. The normalized spacial score (nSPS) is 16.1. The Labute approximate surface area is 164 Å². The fraction of sp³-hybridized carbons (Fsp3) is 0.316. The van der Waals surface area contributed by atoms with E-state index in [0.29, 0.717) is 41.6 Å². The largest absolute Gasteiger partial charge is 0.492 e. The van der Waals surface area contributed by atoms with Crippen molar-refractivity contribution in [1.82, 2.24) is 5.32 Å². The molecule has 0 saturated heterocycles. The summed E-state index contributed by atoms with van der Waals surface area (Å²) in [5.74, 6) is 0.462. The third kappa shape index (κ3) is 4.54. The summed E-state index contributed by atoms with van der Waals surface area (Å²) in [7, 11) is -3.34. The number of nitrogens with one attached hydrogen (secondary N) is 1. The van der Waals surface area contributed by atoms with Crippen LogP contribution in [0.5, 0.6) is 5.75 Å². The smallest absolute Gasteiger partial charge is 0.251 e. The van der Waals surface area contributed by atoms with Gasteiger partial charge in [-0.05, 0) is 61.4 Å². The Morgan fingerprint density at radius 2 is 1.96 bits per heavy atom. The van der Waals surface area contributed by atoms with Crippen molar-refractivity contribution in [2.24, 2.45) is 0 Å². The van der Waals surface area contributed by atoms with E-state index in [1.54, 1.807) is 42.5 Å². The molecule has 2 aromatic rings. The predicted molar refractivity (Wildman–Crippen MR) is 106 cm³/mol.